The van der Waals surface area contributed by atoms with Gasteiger partial charge in [-0.3, -0.25) is 0 Å². The molecule has 0 aromatic heterocycles. The third-order valence-electron chi connectivity index (χ3n) is 1.67. The summed E-state index contributed by atoms with van der Waals surface area (Å²) in [5, 5.41) is 13.2. The molecule has 0 aliphatic heterocycles. The first-order chi connectivity index (χ1) is 6.54. The third-order valence-corrected chi connectivity index (χ3v) is 2.49. The lowest BCUT2D eigenvalue weighted by molar-refractivity contribution is 0.281. The van der Waals surface area contributed by atoms with E-state index in [0.717, 1.165) is 0 Å². The topological polar surface area (TPSA) is 32.3 Å². The monoisotopic (exact) mass is 253 g/mol. The summed E-state index contributed by atoms with van der Waals surface area (Å²) < 4.78 is 0. The Balaban J connectivity index is 2.96. The van der Waals surface area contributed by atoms with Gasteiger partial charge >= 0.3 is 0 Å². The second kappa shape index (κ2) is 5.08. The first kappa shape index (κ1) is 11.9. The molecule has 0 saturated carbocycles. The third kappa shape index (κ3) is 2.92. The molecular weight excluding hydrogens is 244 g/mol. The lowest BCUT2D eigenvalue weighted by atomic mass is 10.2. The van der Waals surface area contributed by atoms with E-state index in [1.54, 1.807) is 12.1 Å². The van der Waals surface area contributed by atoms with Crippen LogP contribution >= 0.6 is 34.8 Å². The molecule has 0 fully saturated rings. The number of halogens is 3. The fourth-order valence-electron chi connectivity index (χ4n) is 0.972. The highest BCUT2D eigenvalue weighted by atomic mass is 35.5. The quantitative estimate of drug-likeness (QED) is 0.866. The highest BCUT2D eigenvalue weighted by Gasteiger charge is 2.09. The van der Waals surface area contributed by atoms with Crippen LogP contribution in [0.4, 0.5) is 5.69 Å². The van der Waals surface area contributed by atoms with E-state index in [4.69, 9.17) is 39.9 Å². The minimum atomic E-state index is -0.105. The molecule has 0 aliphatic carbocycles. The second-order valence-corrected chi connectivity index (χ2v) is 4.22. The number of nitrogens with one attached hydrogen (secondary N) is 1. The summed E-state index contributed by atoms with van der Waals surface area (Å²) in [5.74, 6) is 0. The van der Waals surface area contributed by atoms with Crippen LogP contribution < -0.4 is 5.32 Å². The van der Waals surface area contributed by atoms with Crippen molar-refractivity contribution < 1.29 is 5.11 Å². The Morgan fingerprint density at radius 2 is 1.79 bits per heavy atom. The van der Waals surface area contributed by atoms with E-state index < -0.39 is 0 Å². The van der Waals surface area contributed by atoms with Crippen molar-refractivity contribution in [2.75, 3.05) is 11.9 Å². The van der Waals surface area contributed by atoms with Gasteiger partial charge in [-0.25, -0.2) is 0 Å². The van der Waals surface area contributed by atoms with Crippen molar-refractivity contribution in [3.8, 4) is 0 Å². The number of anilines is 1. The molecule has 0 amide bonds. The van der Waals surface area contributed by atoms with Crippen molar-refractivity contribution >= 4 is 40.5 Å². The van der Waals surface area contributed by atoms with Crippen LogP contribution in [0.5, 0.6) is 0 Å². The van der Waals surface area contributed by atoms with Gasteiger partial charge in [0.1, 0.15) is 0 Å². The Morgan fingerprint density at radius 3 is 2.21 bits per heavy atom. The SMILES string of the molecule is CC(CO)Nc1c(Cl)cc(Cl)cc1Cl. The van der Waals surface area contributed by atoms with Crippen LogP contribution in [-0.4, -0.2) is 17.8 Å². The molecule has 78 valence electrons. The van der Waals surface area contributed by atoms with Crippen molar-refractivity contribution in [1.82, 2.24) is 0 Å². The van der Waals surface area contributed by atoms with E-state index in [1.165, 1.54) is 0 Å². The molecule has 0 bridgehead atoms. The van der Waals surface area contributed by atoms with E-state index in [2.05, 4.69) is 5.32 Å². The number of aliphatic hydroxyl groups is 1. The van der Waals surface area contributed by atoms with Crippen LogP contribution in [0.25, 0.3) is 0 Å². The Morgan fingerprint density at radius 1 is 1.29 bits per heavy atom. The molecule has 2 nitrogen and oxygen atoms in total. The van der Waals surface area contributed by atoms with Crippen LogP contribution in [0, 0.1) is 0 Å². The number of benzene rings is 1. The smallest absolute Gasteiger partial charge is 0.0722 e. The normalized spacial score (nSPS) is 12.6. The molecule has 0 heterocycles. The van der Waals surface area contributed by atoms with Gasteiger partial charge in [0.25, 0.3) is 0 Å². The fraction of sp³-hybridized carbons (Fsp3) is 0.333. The maximum atomic E-state index is 8.86. The van der Waals surface area contributed by atoms with E-state index in [9.17, 15) is 0 Å². The van der Waals surface area contributed by atoms with Crippen LogP contribution in [0.15, 0.2) is 12.1 Å². The second-order valence-electron chi connectivity index (χ2n) is 2.97. The molecule has 1 rings (SSSR count). The lowest BCUT2D eigenvalue weighted by Gasteiger charge is -2.15. The molecule has 1 aromatic rings. The number of aliphatic hydroxyl groups excluding tert-OH is 1. The lowest BCUT2D eigenvalue weighted by Crippen LogP contribution is -2.19. The molecule has 0 aliphatic rings. The van der Waals surface area contributed by atoms with Crippen molar-refractivity contribution in [2.24, 2.45) is 0 Å². The van der Waals surface area contributed by atoms with Crippen LogP contribution in [0.1, 0.15) is 6.92 Å². The highest BCUT2D eigenvalue weighted by Crippen LogP contribution is 2.33. The zero-order valence-electron chi connectivity index (χ0n) is 7.52. The van der Waals surface area contributed by atoms with Gasteiger partial charge in [0.05, 0.1) is 22.3 Å². The van der Waals surface area contributed by atoms with Gasteiger partial charge in [0.2, 0.25) is 0 Å². The number of rotatable bonds is 3. The van der Waals surface area contributed by atoms with Gasteiger partial charge in [0.15, 0.2) is 0 Å². The Labute approximate surface area is 97.8 Å². The summed E-state index contributed by atoms with van der Waals surface area (Å²) >= 11 is 17.6. The predicted molar refractivity (Wildman–Crippen MR) is 61.6 cm³/mol. The maximum Gasteiger partial charge on any atom is 0.0722 e. The Hall–Kier alpha value is -0.150. The van der Waals surface area contributed by atoms with Crippen LogP contribution in [0.2, 0.25) is 15.1 Å². The molecule has 14 heavy (non-hydrogen) atoms. The van der Waals surface area contributed by atoms with E-state index in [-0.39, 0.29) is 12.6 Å². The first-order valence-corrected chi connectivity index (χ1v) is 5.20. The Bertz CT molecular complexity index is 307. The van der Waals surface area contributed by atoms with Gasteiger partial charge in [-0.1, -0.05) is 34.8 Å². The van der Waals surface area contributed by atoms with E-state index in [0.29, 0.717) is 20.8 Å². The van der Waals surface area contributed by atoms with Crippen molar-refractivity contribution in [2.45, 2.75) is 13.0 Å². The van der Waals surface area contributed by atoms with Crippen molar-refractivity contribution in [3.05, 3.63) is 27.2 Å². The van der Waals surface area contributed by atoms with E-state index >= 15 is 0 Å². The largest absolute Gasteiger partial charge is 0.394 e. The summed E-state index contributed by atoms with van der Waals surface area (Å²) in [5.41, 5.74) is 0.597. The molecule has 0 radical (unpaired) electrons. The zero-order valence-corrected chi connectivity index (χ0v) is 9.79. The number of hydrogen-bond donors (Lipinski definition) is 2. The molecule has 1 aromatic carbocycles. The standard InChI is InChI=1S/C9H10Cl3NO/c1-5(4-14)13-9-7(11)2-6(10)3-8(9)12/h2-3,5,13-14H,4H2,1H3. The minimum Gasteiger partial charge on any atom is -0.394 e. The van der Waals surface area contributed by atoms with Gasteiger partial charge < -0.3 is 10.4 Å². The maximum absolute atomic E-state index is 8.86. The first-order valence-electron chi connectivity index (χ1n) is 4.06. The average Bonchev–Trinajstić information content (AvgIpc) is 2.10. The molecule has 1 unspecified atom stereocenters. The molecule has 0 spiro atoms. The molecule has 2 N–H and O–H groups in total. The highest BCUT2D eigenvalue weighted by molar-refractivity contribution is 6.41. The van der Waals surface area contributed by atoms with Gasteiger partial charge in [-0.2, -0.15) is 0 Å². The predicted octanol–water partition coefficient (Wildman–Crippen LogP) is 3.44. The average molecular weight is 255 g/mol. The molecule has 5 heteroatoms. The fourth-order valence-corrected chi connectivity index (χ4v) is 1.90. The van der Waals surface area contributed by atoms with Gasteiger partial charge in [-0.05, 0) is 19.1 Å². The van der Waals surface area contributed by atoms with Gasteiger partial charge in [0, 0.05) is 11.1 Å². The summed E-state index contributed by atoms with van der Waals surface area (Å²) in [4.78, 5) is 0. The molecule has 1 atom stereocenters. The minimum absolute atomic E-state index is 0.00921. The van der Waals surface area contributed by atoms with Crippen molar-refractivity contribution in [1.29, 1.82) is 0 Å². The number of hydrogen-bond acceptors (Lipinski definition) is 2. The Kier molecular flexibility index (Phi) is 4.32. The van der Waals surface area contributed by atoms with Crippen LogP contribution in [0.3, 0.4) is 0 Å². The summed E-state index contributed by atoms with van der Waals surface area (Å²) in [7, 11) is 0. The van der Waals surface area contributed by atoms with E-state index in [1.807, 2.05) is 6.92 Å². The summed E-state index contributed by atoms with van der Waals surface area (Å²) in [6.07, 6.45) is 0. The summed E-state index contributed by atoms with van der Waals surface area (Å²) in [6, 6.07) is 3.09. The molecule has 0 saturated heterocycles. The zero-order chi connectivity index (χ0) is 10.7. The molecular formula is C9H10Cl3NO. The van der Waals surface area contributed by atoms with Gasteiger partial charge in [-0.15, -0.1) is 0 Å². The van der Waals surface area contributed by atoms with Crippen molar-refractivity contribution in [3.63, 3.8) is 0 Å². The summed E-state index contributed by atoms with van der Waals surface area (Å²) in [6.45, 7) is 1.83. The van der Waals surface area contributed by atoms with Crippen LogP contribution in [-0.2, 0) is 0 Å².